The van der Waals surface area contributed by atoms with Gasteiger partial charge in [-0.2, -0.15) is 11.8 Å². The zero-order valence-corrected chi connectivity index (χ0v) is 12.6. The van der Waals surface area contributed by atoms with Crippen molar-refractivity contribution in [1.82, 2.24) is 5.32 Å². The van der Waals surface area contributed by atoms with Gasteiger partial charge in [0.15, 0.2) is 0 Å². The highest BCUT2D eigenvalue weighted by atomic mass is 79.9. The van der Waals surface area contributed by atoms with Gasteiger partial charge in [-0.25, -0.2) is 0 Å². The Balaban J connectivity index is 1.98. The second-order valence-corrected chi connectivity index (χ2v) is 6.31. The fraction of sp³-hybridized carbons (Fsp3) is 0.462. The van der Waals surface area contributed by atoms with E-state index in [1.54, 1.807) is 7.11 Å². The quantitative estimate of drug-likeness (QED) is 0.922. The molecule has 0 spiro atoms. The number of hydrogen-bond acceptors (Lipinski definition) is 3. The molecular formula is C13H16BrNO2S. The number of carbonyl (C=O) groups is 1. The molecule has 3 nitrogen and oxygen atoms in total. The van der Waals surface area contributed by atoms with Gasteiger partial charge in [0, 0.05) is 23.9 Å². The predicted octanol–water partition coefficient (Wildman–Crippen LogP) is 2.70. The molecule has 1 heterocycles. The minimum absolute atomic E-state index is 0.0594. The smallest absolute Gasteiger partial charge is 0.252 e. The summed E-state index contributed by atoms with van der Waals surface area (Å²) >= 11 is 5.26. The van der Waals surface area contributed by atoms with Crippen molar-refractivity contribution in [2.75, 3.05) is 25.2 Å². The third-order valence-electron chi connectivity index (χ3n) is 3.19. The van der Waals surface area contributed by atoms with Crippen LogP contribution in [0.4, 0.5) is 0 Å². The molecular weight excluding hydrogens is 314 g/mol. The van der Waals surface area contributed by atoms with E-state index < -0.39 is 0 Å². The van der Waals surface area contributed by atoms with Crippen LogP contribution in [0, 0.1) is 0 Å². The van der Waals surface area contributed by atoms with Crippen LogP contribution in [0.25, 0.3) is 0 Å². The van der Waals surface area contributed by atoms with Crippen molar-refractivity contribution in [3.63, 3.8) is 0 Å². The van der Waals surface area contributed by atoms with Gasteiger partial charge >= 0.3 is 0 Å². The number of methoxy groups -OCH3 is 1. The molecule has 1 N–H and O–H groups in total. The van der Waals surface area contributed by atoms with Crippen LogP contribution < -0.4 is 5.32 Å². The predicted molar refractivity (Wildman–Crippen MR) is 78.2 cm³/mol. The fourth-order valence-corrected chi connectivity index (χ4v) is 3.80. The lowest BCUT2D eigenvalue weighted by Gasteiger charge is -2.26. The summed E-state index contributed by atoms with van der Waals surface area (Å²) in [5, 5.41) is 2.97. The van der Waals surface area contributed by atoms with Crippen LogP contribution in [0.2, 0.25) is 0 Å². The van der Waals surface area contributed by atoms with Crippen molar-refractivity contribution in [2.45, 2.75) is 12.0 Å². The highest BCUT2D eigenvalue weighted by Gasteiger charge is 2.34. The topological polar surface area (TPSA) is 38.3 Å². The molecule has 1 unspecified atom stereocenters. The summed E-state index contributed by atoms with van der Waals surface area (Å²) in [7, 11) is 1.72. The number of hydrogen-bond donors (Lipinski definition) is 1. The molecule has 1 atom stereocenters. The van der Waals surface area contributed by atoms with Crippen LogP contribution >= 0.6 is 27.7 Å². The average Bonchev–Trinajstić information content (AvgIpc) is 2.86. The molecule has 5 heteroatoms. The summed E-state index contributed by atoms with van der Waals surface area (Å²) in [5.74, 6) is 1.98. The molecule has 98 valence electrons. The van der Waals surface area contributed by atoms with Gasteiger partial charge in [-0.1, -0.05) is 12.1 Å². The lowest BCUT2D eigenvalue weighted by Crippen LogP contribution is -2.44. The average molecular weight is 330 g/mol. The lowest BCUT2D eigenvalue weighted by molar-refractivity contribution is 0.0137. The minimum Gasteiger partial charge on any atom is -0.376 e. The maximum Gasteiger partial charge on any atom is 0.252 e. The SMILES string of the molecule is COC1(CNC(=O)c2ccccc2Br)CCSC1. The first-order chi connectivity index (χ1) is 8.67. The Morgan fingerprint density at radius 2 is 2.33 bits per heavy atom. The van der Waals surface area contributed by atoms with Gasteiger partial charge in [0.2, 0.25) is 0 Å². The van der Waals surface area contributed by atoms with Crippen LogP contribution in [-0.4, -0.2) is 36.7 Å². The largest absolute Gasteiger partial charge is 0.376 e. The second kappa shape index (κ2) is 6.08. The van der Waals surface area contributed by atoms with Gasteiger partial charge in [-0.05, 0) is 40.2 Å². The Hall–Kier alpha value is -0.520. The van der Waals surface area contributed by atoms with Crippen molar-refractivity contribution in [2.24, 2.45) is 0 Å². The highest BCUT2D eigenvalue weighted by molar-refractivity contribution is 9.10. The van der Waals surface area contributed by atoms with Crippen LogP contribution in [0.15, 0.2) is 28.7 Å². The summed E-state index contributed by atoms with van der Waals surface area (Å²) < 4.78 is 6.38. The molecule has 1 fully saturated rings. The van der Waals surface area contributed by atoms with Gasteiger partial charge in [0.25, 0.3) is 5.91 Å². The van der Waals surface area contributed by atoms with E-state index in [0.717, 1.165) is 22.4 Å². The number of rotatable bonds is 4. The van der Waals surface area contributed by atoms with Gasteiger partial charge in [-0.3, -0.25) is 4.79 Å². The zero-order chi connectivity index (χ0) is 13.0. The number of nitrogens with one attached hydrogen (secondary N) is 1. The summed E-state index contributed by atoms with van der Waals surface area (Å²) in [6, 6.07) is 7.43. The maximum absolute atomic E-state index is 12.1. The fourth-order valence-electron chi connectivity index (χ4n) is 1.94. The van der Waals surface area contributed by atoms with E-state index >= 15 is 0 Å². The van der Waals surface area contributed by atoms with Crippen molar-refractivity contribution in [3.8, 4) is 0 Å². The molecule has 1 amide bonds. The number of carbonyl (C=O) groups excluding carboxylic acids is 1. The Labute approximate surface area is 120 Å². The lowest BCUT2D eigenvalue weighted by atomic mass is 10.0. The van der Waals surface area contributed by atoms with Gasteiger partial charge < -0.3 is 10.1 Å². The molecule has 1 aromatic carbocycles. The molecule has 1 aliphatic rings. The zero-order valence-electron chi connectivity index (χ0n) is 10.2. The van der Waals surface area contributed by atoms with Crippen molar-refractivity contribution in [1.29, 1.82) is 0 Å². The number of ether oxygens (including phenoxy) is 1. The van der Waals surface area contributed by atoms with Crippen LogP contribution in [-0.2, 0) is 4.74 Å². The standard InChI is InChI=1S/C13H16BrNO2S/c1-17-13(6-7-18-9-13)8-15-12(16)10-4-2-3-5-11(10)14/h2-5H,6-9H2,1H3,(H,15,16). The Kier molecular flexibility index (Phi) is 4.70. The van der Waals surface area contributed by atoms with E-state index in [-0.39, 0.29) is 11.5 Å². The number of benzene rings is 1. The Morgan fingerprint density at radius 3 is 2.94 bits per heavy atom. The van der Waals surface area contributed by atoms with Crippen LogP contribution in [0.3, 0.4) is 0 Å². The summed E-state index contributed by atoms with van der Waals surface area (Å²) in [5.41, 5.74) is 0.469. The summed E-state index contributed by atoms with van der Waals surface area (Å²) in [4.78, 5) is 12.1. The molecule has 1 aromatic rings. The molecule has 0 aliphatic carbocycles. The monoisotopic (exact) mass is 329 g/mol. The first-order valence-electron chi connectivity index (χ1n) is 5.82. The summed E-state index contributed by atoms with van der Waals surface area (Å²) in [6.45, 7) is 0.566. The third-order valence-corrected chi connectivity index (χ3v) is 5.10. The summed E-state index contributed by atoms with van der Waals surface area (Å²) in [6.07, 6.45) is 0.990. The van der Waals surface area contributed by atoms with Gasteiger partial charge in [0.05, 0.1) is 11.2 Å². The molecule has 1 aliphatic heterocycles. The van der Waals surface area contributed by atoms with E-state index in [1.807, 2.05) is 36.0 Å². The first kappa shape index (κ1) is 13.9. The Bertz CT molecular complexity index is 433. The van der Waals surface area contributed by atoms with E-state index in [2.05, 4.69) is 21.2 Å². The number of halogens is 1. The van der Waals surface area contributed by atoms with Crippen LogP contribution in [0.1, 0.15) is 16.8 Å². The molecule has 18 heavy (non-hydrogen) atoms. The minimum atomic E-state index is -0.193. The molecule has 0 bridgehead atoms. The highest BCUT2D eigenvalue weighted by Crippen LogP contribution is 2.30. The van der Waals surface area contributed by atoms with E-state index in [1.165, 1.54) is 0 Å². The van der Waals surface area contributed by atoms with Gasteiger partial charge in [0.1, 0.15) is 0 Å². The second-order valence-electron chi connectivity index (χ2n) is 4.35. The van der Waals surface area contributed by atoms with Crippen LogP contribution in [0.5, 0.6) is 0 Å². The van der Waals surface area contributed by atoms with E-state index in [9.17, 15) is 4.79 Å². The molecule has 0 saturated carbocycles. The van der Waals surface area contributed by atoms with Gasteiger partial charge in [-0.15, -0.1) is 0 Å². The molecule has 1 saturated heterocycles. The number of thioether (sulfide) groups is 1. The normalized spacial score (nSPS) is 23.0. The van der Waals surface area contributed by atoms with E-state index in [4.69, 9.17) is 4.74 Å². The maximum atomic E-state index is 12.1. The van der Waals surface area contributed by atoms with Crippen molar-refractivity contribution < 1.29 is 9.53 Å². The number of amides is 1. The molecule has 2 rings (SSSR count). The Morgan fingerprint density at radius 1 is 1.56 bits per heavy atom. The molecule has 0 radical (unpaired) electrons. The third kappa shape index (κ3) is 3.08. The van der Waals surface area contributed by atoms with Crippen molar-refractivity contribution >= 4 is 33.6 Å². The van der Waals surface area contributed by atoms with E-state index in [0.29, 0.717) is 12.1 Å². The van der Waals surface area contributed by atoms with Crippen molar-refractivity contribution in [3.05, 3.63) is 34.3 Å². The first-order valence-corrected chi connectivity index (χ1v) is 7.77. The molecule has 0 aromatic heterocycles.